The molecule has 1 aromatic carbocycles. The second-order valence-electron chi connectivity index (χ2n) is 4.46. The van der Waals surface area contributed by atoms with Gasteiger partial charge in [0.15, 0.2) is 0 Å². The van der Waals surface area contributed by atoms with Gasteiger partial charge in [-0.1, -0.05) is 24.3 Å². The van der Waals surface area contributed by atoms with Crippen LogP contribution in [0.1, 0.15) is 11.1 Å². The van der Waals surface area contributed by atoms with Gasteiger partial charge in [-0.25, -0.2) is 9.97 Å². The van der Waals surface area contributed by atoms with E-state index in [9.17, 15) is 0 Å². The van der Waals surface area contributed by atoms with Crippen molar-refractivity contribution in [1.82, 2.24) is 9.97 Å². The second kappa shape index (κ2) is 5.81. The molecule has 2 heterocycles. The zero-order valence-corrected chi connectivity index (χ0v) is 13.0. The number of hydrogen-bond donors (Lipinski definition) is 1. The predicted octanol–water partition coefficient (Wildman–Crippen LogP) is 4.33. The van der Waals surface area contributed by atoms with Crippen molar-refractivity contribution >= 4 is 39.3 Å². The van der Waals surface area contributed by atoms with Crippen LogP contribution in [0, 0.1) is 6.92 Å². The van der Waals surface area contributed by atoms with Crippen LogP contribution in [0.15, 0.2) is 40.7 Å². The molecule has 0 spiro atoms. The maximum Gasteiger partial charge on any atom is 0.224 e. The van der Waals surface area contributed by atoms with Gasteiger partial charge in [0.1, 0.15) is 9.86 Å². The van der Waals surface area contributed by atoms with E-state index in [1.807, 2.05) is 7.05 Å². The van der Waals surface area contributed by atoms with Gasteiger partial charge in [-0.3, -0.25) is 0 Å². The third-order valence-corrected chi connectivity index (χ3v) is 4.99. The number of hydrogen-bond acceptors (Lipinski definition) is 5. The minimum absolute atomic E-state index is 0.687. The molecule has 0 saturated carbocycles. The molecule has 0 saturated heterocycles. The van der Waals surface area contributed by atoms with Gasteiger partial charge in [-0.05, 0) is 29.5 Å². The predicted molar refractivity (Wildman–Crippen MR) is 87.7 cm³/mol. The zero-order valence-electron chi connectivity index (χ0n) is 11.4. The lowest BCUT2D eigenvalue weighted by atomic mass is 10.1. The largest absolute Gasteiger partial charge is 0.357 e. The van der Waals surface area contributed by atoms with Crippen molar-refractivity contribution < 1.29 is 0 Å². The fraction of sp³-hybridized carbons (Fsp3) is 0.200. The molecule has 0 amide bonds. The summed E-state index contributed by atoms with van der Waals surface area (Å²) in [7, 11) is 1.85. The van der Waals surface area contributed by atoms with Gasteiger partial charge in [-0.15, -0.1) is 23.1 Å². The van der Waals surface area contributed by atoms with Crippen LogP contribution in [0.2, 0.25) is 0 Å². The lowest BCUT2D eigenvalue weighted by Crippen LogP contribution is -1.97. The van der Waals surface area contributed by atoms with Crippen LogP contribution in [0.5, 0.6) is 0 Å². The second-order valence-corrected chi connectivity index (χ2v) is 6.32. The molecule has 2 aromatic heterocycles. The molecule has 0 radical (unpaired) electrons. The first-order valence-corrected chi connectivity index (χ1v) is 8.25. The lowest BCUT2D eigenvalue weighted by Gasteiger charge is -2.07. The Morgan fingerprint density at radius 1 is 1.20 bits per heavy atom. The Kier molecular flexibility index (Phi) is 3.89. The highest BCUT2D eigenvalue weighted by molar-refractivity contribution is 7.98. The third-order valence-electron chi connectivity index (χ3n) is 3.14. The Morgan fingerprint density at radius 2 is 2.05 bits per heavy atom. The highest BCUT2D eigenvalue weighted by atomic mass is 32.2. The Hall–Kier alpha value is -1.59. The van der Waals surface area contributed by atoms with Gasteiger partial charge >= 0.3 is 0 Å². The van der Waals surface area contributed by atoms with Gasteiger partial charge in [0.25, 0.3) is 0 Å². The summed E-state index contributed by atoms with van der Waals surface area (Å²) in [6, 6.07) is 10.6. The molecule has 20 heavy (non-hydrogen) atoms. The molecule has 0 aliphatic carbocycles. The Labute approximate surface area is 126 Å². The first-order chi connectivity index (χ1) is 9.78. The van der Waals surface area contributed by atoms with E-state index in [2.05, 4.69) is 57.9 Å². The number of nitrogens with zero attached hydrogens (tertiary/aromatic N) is 2. The topological polar surface area (TPSA) is 37.8 Å². The smallest absolute Gasteiger partial charge is 0.224 e. The van der Waals surface area contributed by atoms with Crippen molar-refractivity contribution in [3.05, 3.63) is 46.8 Å². The zero-order chi connectivity index (χ0) is 13.9. The van der Waals surface area contributed by atoms with Gasteiger partial charge in [0, 0.05) is 18.2 Å². The summed E-state index contributed by atoms with van der Waals surface area (Å²) in [4.78, 5) is 10.1. The highest BCUT2D eigenvalue weighted by Crippen LogP contribution is 2.32. The molecule has 102 valence electrons. The minimum atomic E-state index is 0.687. The minimum Gasteiger partial charge on any atom is -0.357 e. The van der Waals surface area contributed by atoms with E-state index in [1.54, 1.807) is 23.1 Å². The average molecular weight is 301 g/mol. The van der Waals surface area contributed by atoms with Crippen LogP contribution in [0.25, 0.3) is 10.2 Å². The number of aromatic nitrogens is 2. The van der Waals surface area contributed by atoms with Crippen LogP contribution in [-0.2, 0) is 5.75 Å². The van der Waals surface area contributed by atoms with Crippen LogP contribution < -0.4 is 5.32 Å². The van der Waals surface area contributed by atoms with E-state index in [0.717, 1.165) is 21.0 Å². The molecule has 0 fully saturated rings. The highest BCUT2D eigenvalue weighted by Gasteiger charge is 2.09. The maximum absolute atomic E-state index is 4.58. The number of nitrogens with one attached hydrogen (secondary N) is 1. The molecule has 0 aliphatic rings. The van der Waals surface area contributed by atoms with Crippen molar-refractivity contribution in [3.63, 3.8) is 0 Å². The van der Waals surface area contributed by atoms with Crippen molar-refractivity contribution in [2.24, 2.45) is 0 Å². The Balaban J connectivity index is 1.90. The number of fused-ring (bicyclic) bond motifs is 1. The normalized spacial score (nSPS) is 10.9. The number of thioether (sulfide) groups is 1. The molecule has 3 aromatic rings. The van der Waals surface area contributed by atoms with E-state index in [-0.39, 0.29) is 0 Å². The van der Waals surface area contributed by atoms with Gasteiger partial charge in [0.2, 0.25) is 5.95 Å². The fourth-order valence-corrected chi connectivity index (χ4v) is 3.88. The third kappa shape index (κ3) is 2.64. The van der Waals surface area contributed by atoms with Gasteiger partial charge in [-0.2, -0.15) is 0 Å². The summed E-state index contributed by atoms with van der Waals surface area (Å²) in [6.07, 6.45) is 0. The fourth-order valence-electron chi connectivity index (χ4n) is 1.97. The van der Waals surface area contributed by atoms with E-state index in [0.29, 0.717) is 5.95 Å². The van der Waals surface area contributed by atoms with Crippen molar-refractivity contribution in [2.45, 2.75) is 17.7 Å². The van der Waals surface area contributed by atoms with Crippen molar-refractivity contribution in [1.29, 1.82) is 0 Å². The molecular formula is C15H15N3S2. The van der Waals surface area contributed by atoms with Crippen molar-refractivity contribution in [3.8, 4) is 0 Å². The molecule has 3 nitrogen and oxygen atoms in total. The molecule has 0 unspecified atom stereocenters. The van der Waals surface area contributed by atoms with E-state index < -0.39 is 0 Å². The molecule has 0 aliphatic heterocycles. The molecule has 5 heteroatoms. The summed E-state index contributed by atoms with van der Waals surface area (Å²) in [5.74, 6) is 1.62. The number of rotatable bonds is 4. The SMILES string of the molecule is CNc1nc(SCc2ccccc2C)c2ccsc2n1. The number of thiophene rings is 1. The van der Waals surface area contributed by atoms with Gasteiger partial charge in [0.05, 0.1) is 0 Å². The molecular weight excluding hydrogens is 286 g/mol. The Morgan fingerprint density at radius 3 is 2.85 bits per heavy atom. The Bertz CT molecular complexity index is 737. The first kappa shape index (κ1) is 13.4. The molecule has 0 atom stereocenters. The van der Waals surface area contributed by atoms with Crippen LogP contribution in [0.3, 0.4) is 0 Å². The monoisotopic (exact) mass is 301 g/mol. The average Bonchev–Trinajstić information content (AvgIpc) is 2.94. The summed E-state index contributed by atoms with van der Waals surface area (Å²) in [5, 5.41) is 7.29. The summed E-state index contributed by atoms with van der Waals surface area (Å²) in [5.41, 5.74) is 2.68. The van der Waals surface area contributed by atoms with Crippen LogP contribution in [-0.4, -0.2) is 17.0 Å². The molecule has 0 bridgehead atoms. The number of aryl methyl sites for hydroxylation is 1. The van der Waals surface area contributed by atoms with Crippen molar-refractivity contribution in [2.75, 3.05) is 12.4 Å². The standard InChI is InChI=1S/C15H15N3S2/c1-10-5-3-4-6-11(10)9-20-14-12-7-8-19-13(12)17-15(16-2)18-14/h3-8H,9H2,1-2H3,(H,16,17,18). The van der Waals surface area contributed by atoms with Crippen LogP contribution >= 0.6 is 23.1 Å². The number of anilines is 1. The molecule has 1 N–H and O–H groups in total. The van der Waals surface area contributed by atoms with E-state index in [1.165, 1.54) is 11.1 Å². The maximum atomic E-state index is 4.58. The molecule has 3 rings (SSSR count). The summed E-state index contributed by atoms with van der Waals surface area (Å²) >= 11 is 3.42. The summed E-state index contributed by atoms with van der Waals surface area (Å²) in [6.45, 7) is 2.15. The van der Waals surface area contributed by atoms with E-state index >= 15 is 0 Å². The van der Waals surface area contributed by atoms with Crippen LogP contribution in [0.4, 0.5) is 5.95 Å². The number of benzene rings is 1. The lowest BCUT2D eigenvalue weighted by molar-refractivity contribution is 1.10. The summed E-state index contributed by atoms with van der Waals surface area (Å²) < 4.78 is 0. The first-order valence-electron chi connectivity index (χ1n) is 6.38. The van der Waals surface area contributed by atoms with Gasteiger partial charge < -0.3 is 5.32 Å². The quantitative estimate of drug-likeness (QED) is 0.575. The van der Waals surface area contributed by atoms with E-state index in [4.69, 9.17) is 0 Å².